The van der Waals surface area contributed by atoms with Gasteiger partial charge in [0.05, 0.1) is 16.3 Å². The summed E-state index contributed by atoms with van der Waals surface area (Å²) in [5, 5.41) is 11.2. The highest BCUT2D eigenvalue weighted by atomic mass is 35.5. The number of anilines is 1. The van der Waals surface area contributed by atoms with Crippen molar-refractivity contribution < 1.29 is 9.66 Å². The summed E-state index contributed by atoms with van der Waals surface area (Å²) < 4.78 is 5.39. The molecule has 0 saturated carbocycles. The summed E-state index contributed by atoms with van der Waals surface area (Å²) in [6.45, 7) is 1.72. The van der Waals surface area contributed by atoms with Crippen molar-refractivity contribution in [3.63, 3.8) is 0 Å². The van der Waals surface area contributed by atoms with Crippen molar-refractivity contribution in [2.75, 3.05) is 5.73 Å². The molecule has 0 saturated heterocycles. The number of nitro groups is 1. The zero-order valence-electron chi connectivity index (χ0n) is 9.96. The van der Waals surface area contributed by atoms with E-state index in [-0.39, 0.29) is 17.3 Å². The molecule has 0 bridgehead atoms. The molecule has 0 atom stereocenters. The molecule has 2 N–H and O–H groups in total. The van der Waals surface area contributed by atoms with Gasteiger partial charge < -0.3 is 10.5 Å². The van der Waals surface area contributed by atoms with Gasteiger partial charge in [-0.1, -0.05) is 11.6 Å². The molecule has 0 unspecified atom stereocenters. The van der Waals surface area contributed by atoms with E-state index in [1.165, 1.54) is 24.3 Å². The molecule has 0 spiro atoms. The van der Waals surface area contributed by atoms with E-state index in [9.17, 15) is 10.1 Å². The Morgan fingerprint density at radius 2 is 2.11 bits per heavy atom. The van der Waals surface area contributed by atoms with Crippen LogP contribution in [0.25, 0.3) is 0 Å². The molecule has 19 heavy (non-hydrogen) atoms. The fourth-order valence-corrected chi connectivity index (χ4v) is 1.60. The first-order valence-electron chi connectivity index (χ1n) is 5.32. The maximum Gasteiger partial charge on any atom is 0.311 e. The lowest BCUT2D eigenvalue weighted by Gasteiger charge is -2.07. The van der Waals surface area contributed by atoms with E-state index < -0.39 is 4.92 Å². The van der Waals surface area contributed by atoms with Crippen LogP contribution >= 0.6 is 11.6 Å². The smallest absolute Gasteiger partial charge is 0.311 e. The number of hydrogen-bond acceptors (Lipinski definition) is 5. The van der Waals surface area contributed by atoms with Gasteiger partial charge >= 0.3 is 5.69 Å². The number of aryl methyl sites for hydroxylation is 1. The lowest BCUT2D eigenvalue weighted by molar-refractivity contribution is -0.385. The summed E-state index contributed by atoms with van der Waals surface area (Å²) in [6.07, 6.45) is 0. The van der Waals surface area contributed by atoms with Gasteiger partial charge in [0, 0.05) is 23.2 Å². The number of pyridine rings is 1. The molecular weight excluding hydrogens is 270 g/mol. The first kappa shape index (κ1) is 13.1. The van der Waals surface area contributed by atoms with Gasteiger partial charge in [0.2, 0.25) is 11.6 Å². The Morgan fingerprint density at radius 1 is 1.37 bits per heavy atom. The molecule has 1 aromatic heterocycles. The molecule has 1 aromatic carbocycles. The average molecular weight is 280 g/mol. The summed E-state index contributed by atoms with van der Waals surface area (Å²) in [4.78, 5) is 14.4. The van der Waals surface area contributed by atoms with Crippen molar-refractivity contribution >= 4 is 23.0 Å². The molecule has 0 aliphatic rings. The summed E-state index contributed by atoms with van der Waals surface area (Å²) >= 11 is 5.80. The molecule has 2 aromatic rings. The third-order valence-corrected chi connectivity index (χ3v) is 2.67. The molecule has 0 aliphatic carbocycles. The van der Waals surface area contributed by atoms with Crippen LogP contribution in [0.2, 0.25) is 5.02 Å². The van der Waals surface area contributed by atoms with E-state index in [0.717, 1.165) is 0 Å². The first-order chi connectivity index (χ1) is 8.97. The Labute approximate surface area is 113 Å². The third kappa shape index (κ3) is 2.92. The van der Waals surface area contributed by atoms with E-state index in [4.69, 9.17) is 22.1 Å². The predicted molar refractivity (Wildman–Crippen MR) is 71.6 cm³/mol. The van der Waals surface area contributed by atoms with Gasteiger partial charge in [-0.15, -0.1) is 0 Å². The standard InChI is InChI=1S/C12H10ClN3O3/c1-7-9(14)3-5-12(15-7)19-11-6-8(13)2-4-10(11)16(17)18/h2-6H,14H2,1H3. The van der Waals surface area contributed by atoms with Crippen LogP contribution in [0.15, 0.2) is 30.3 Å². The van der Waals surface area contributed by atoms with Gasteiger partial charge in [-0.3, -0.25) is 10.1 Å². The fourth-order valence-electron chi connectivity index (χ4n) is 1.44. The summed E-state index contributed by atoms with van der Waals surface area (Å²) in [5.41, 5.74) is 6.56. The topological polar surface area (TPSA) is 91.3 Å². The molecule has 1 heterocycles. The van der Waals surface area contributed by atoms with Crippen LogP contribution in [-0.4, -0.2) is 9.91 Å². The highest BCUT2D eigenvalue weighted by Crippen LogP contribution is 2.33. The predicted octanol–water partition coefficient (Wildman–Crippen LogP) is 3.33. The van der Waals surface area contributed by atoms with Gasteiger partial charge in [0.25, 0.3) is 0 Å². The van der Waals surface area contributed by atoms with Crippen molar-refractivity contribution in [1.82, 2.24) is 4.98 Å². The largest absolute Gasteiger partial charge is 0.432 e. The monoisotopic (exact) mass is 279 g/mol. The number of ether oxygens (including phenoxy) is 1. The molecular formula is C12H10ClN3O3. The van der Waals surface area contributed by atoms with E-state index >= 15 is 0 Å². The van der Waals surface area contributed by atoms with Gasteiger partial charge in [-0.2, -0.15) is 0 Å². The minimum Gasteiger partial charge on any atom is -0.432 e. The van der Waals surface area contributed by atoms with Crippen molar-refractivity contribution in [3.05, 3.63) is 51.2 Å². The van der Waals surface area contributed by atoms with Gasteiger partial charge in [0.1, 0.15) is 0 Å². The molecule has 0 amide bonds. The number of hydrogen-bond donors (Lipinski definition) is 1. The highest BCUT2D eigenvalue weighted by molar-refractivity contribution is 6.30. The molecule has 98 valence electrons. The Balaban J connectivity index is 2.39. The number of benzene rings is 1. The minimum atomic E-state index is -0.546. The van der Waals surface area contributed by atoms with Crippen molar-refractivity contribution in [1.29, 1.82) is 0 Å². The maximum atomic E-state index is 10.9. The Kier molecular flexibility index (Phi) is 3.52. The number of nitrogens with zero attached hydrogens (tertiary/aromatic N) is 2. The van der Waals surface area contributed by atoms with Crippen LogP contribution in [0.1, 0.15) is 5.69 Å². The molecule has 0 radical (unpaired) electrons. The van der Waals surface area contributed by atoms with Crippen LogP contribution < -0.4 is 10.5 Å². The molecule has 6 nitrogen and oxygen atoms in total. The van der Waals surface area contributed by atoms with Gasteiger partial charge in [-0.05, 0) is 19.1 Å². The first-order valence-corrected chi connectivity index (χ1v) is 5.70. The SMILES string of the molecule is Cc1nc(Oc2cc(Cl)ccc2[N+](=O)[O-])ccc1N. The summed E-state index contributed by atoms with van der Waals surface area (Å²) in [6, 6.07) is 7.23. The maximum absolute atomic E-state index is 10.9. The summed E-state index contributed by atoms with van der Waals surface area (Å²) in [7, 11) is 0. The van der Waals surface area contributed by atoms with Crippen LogP contribution in [0, 0.1) is 17.0 Å². The lowest BCUT2D eigenvalue weighted by atomic mass is 10.3. The van der Waals surface area contributed by atoms with Crippen LogP contribution in [0.5, 0.6) is 11.6 Å². The average Bonchev–Trinajstić information content (AvgIpc) is 2.33. The van der Waals surface area contributed by atoms with Gasteiger partial charge in [0.15, 0.2) is 0 Å². The molecule has 7 heteroatoms. The number of halogens is 1. The minimum absolute atomic E-state index is 0.0363. The normalized spacial score (nSPS) is 10.2. The molecule has 2 rings (SSSR count). The number of aromatic nitrogens is 1. The highest BCUT2D eigenvalue weighted by Gasteiger charge is 2.16. The zero-order chi connectivity index (χ0) is 14.0. The van der Waals surface area contributed by atoms with E-state index in [1.807, 2.05) is 0 Å². The van der Waals surface area contributed by atoms with E-state index in [0.29, 0.717) is 16.4 Å². The van der Waals surface area contributed by atoms with Crippen LogP contribution in [0.4, 0.5) is 11.4 Å². The van der Waals surface area contributed by atoms with Crippen molar-refractivity contribution in [2.24, 2.45) is 0 Å². The van der Waals surface area contributed by atoms with Crippen molar-refractivity contribution in [3.8, 4) is 11.6 Å². The van der Waals surface area contributed by atoms with E-state index in [2.05, 4.69) is 4.98 Å². The zero-order valence-corrected chi connectivity index (χ0v) is 10.7. The second-order valence-corrected chi connectivity index (χ2v) is 4.23. The van der Waals surface area contributed by atoms with Gasteiger partial charge in [-0.25, -0.2) is 4.98 Å². The number of rotatable bonds is 3. The second kappa shape index (κ2) is 5.11. The number of nitro benzene ring substituents is 1. The van der Waals surface area contributed by atoms with E-state index in [1.54, 1.807) is 13.0 Å². The lowest BCUT2D eigenvalue weighted by Crippen LogP contribution is -1.97. The van der Waals surface area contributed by atoms with Crippen LogP contribution in [-0.2, 0) is 0 Å². The Hall–Kier alpha value is -2.34. The Morgan fingerprint density at radius 3 is 2.74 bits per heavy atom. The van der Waals surface area contributed by atoms with Crippen LogP contribution in [0.3, 0.4) is 0 Å². The second-order valence-electron chi connectivity index (χ2n) is 3.80. The van der Waals surface area contributed by atoms with Crippen molar-refractivity contribution in [2.45, 2.75) is 6.92 Å². The number of nitrogen functional groups attached to an aromatic ring is 1. The number of nitrogens with two attached hydrogens (primary N) is 1. The summed E-state index contributed by atoms with van der Waals surface area (Å²) in [5.74, 6) is 0.256. The quantitative estimate of drug-likeness (QED) is 0.687. The third-order valence-electron chi connectivity index (χ3n) is 2.43. The fraction of sp³-hybridized carbons (Fsp3) is 0.0833. The molecule has 0 aliphatic heterocycles. The molecule has 0 fully saturated rings. The Bertz CT molecular complexity index is 646.